The molecule has 20 heavy (non-hydrogen) atoms. The molecule has 0 unspecified atom stereocenters. The molecule has 7 heteroatoms. The molecule has 0 atom stereocenters. The average Bonchev–Trinajstić information content (AvgIpc) is 2.85. The molecule has 6 nitrogen and oxygen atoms in total. The lowest BCUT2D eigenvalue weighted by Gasteiger charge is -2.08. The molecule has 1 aliphatic rings. The zero-order chi connectivity index (χ0) is 13.9. The minimum Gasteiger partial charge on any atom is -0.326 e. The summed E-state index contributed by atoms with van der Waals surface area (Å²) in [5, 5.41) is 13.4. The lowest BCUT2D eigenvalue weighted by Crippen LogP contribution is -2.13. The van der Waals surface area contributed by atoms with Crippen LogP contribution in [-0.4, -0.2) is 22.0 Å². The van der Waals surface area contributed by atoms with Crippen molar-refractivity contribution in [1.82, 2.24) is 10.2 Å². The Morgan fingerprint density at radius 1 is 1.35 bits per heavy atom. The third-order valence-corrected chi connectivity index (χ3v) is 3.68. The highest BCUT2D eigenvalue weighted by Gasteiger charge is 2.15. The summed E-state index contributed by atoms with van der Waals surface area (Å²) in [6.45, 7) is 0. The smallest absolute Gasteiger partial charge is 0.257 e. The number of nitrogens with one attached hydrogen (secondary N) is 2. The van der Waals surface area contributed by atoms with Gasteiger partial charge in [-0.05, 0) is 36.6 Å². The third-order valence-electron chi connectivity index (χ3n) is 3.07. The maximum atomic E-state index is 12.1. The Morgan fingerprint density at radius 2 is 2.25 bits per heavy atom. The van der Waals surface area contributed by atoms with Gasteiger partial charge in [0.15, 0.2) is 0 Å². The number of hydrogen-bond acceptors (Lipinski definition) is 5. The van der Waals surface area contributed by atoms with Crippen molar-refractivity contribution < 1.29 is 9.59 Å². The van der Waals surface area contributed by atoms with E-state index in [-0.39, 0.29) is 11.8 Å². The topological polar surface area (TPSA) is 84.0 Å². The molecule has 0 saturated carbocycles. The quantitative estimate of drug-likeness (QED) is 0.886. The van der Waals surface area contributed by atoms with Crippen LogP contribution < -0.4 is 10.6 Å². The van der Waals surface area contributed by atoms with Gasteiger partial charge in [0.25, 0.3) is 5.91 Å². The Kier molecular flexibility index (Phi) is 3.42. The molecule has 0 radical (unpaired) electrons. The molecule has 2 heterocycles. The first kappa shape index (κ1) is 12.7. The summed E-state index contributed by atoms with van der Waals surface area (Å²) in [5.41, 5.74) is 3.89. The molecule has 0 saturated heterocycles. The summed E-state index contributed by atoms with van der Waals surface area (Å²) in [5.74, 6) is -0.199. The molecule has 102 valence electrons. The fourth-order valence-corrected chi connectivity index (χ4v) is 2.55. The summed E-state index contributed by atoms with van der Waals surface area (Å²) in [6.07, 6.45) is 2.09. The molecular weight excluding hydrogens is 276 g/mol. The highest BCUT2D eigenvalue weighted by atomic mass is 32.1. The minimum absolute atomic E-state index is 0.0230. The number of aromatic nitrogens is 2. The van der Waals surface area contributed by atoms with Crippen LogP contribution in [0.3, 0.4) is 0 Å². The summed E-state index contributed by atoms with van der Waals surface area (Å²) in [4.78, 5) is 23.6. The molecule has 2 amide bonds. The van der Waals surface area contributed by atoms with Crippen molar-refractivity contribution in [3.63, 3.8) is 0 Å². The molecular formula is C13H12N4O2S. The number of nitrogens with zero attached hydrogens (tertiary/aromatic N) is 2. The van der Waals surface area contributed by atoms with E-state index in [1.54, 1.807) is 17.6 Å². The number of anilines is 2. The lowest BCUT2D eigenvalue weighted by atomic mass is 10.0. The number of carbonyl (C=O) groups is 2. The molecule has 2 N–H and O–H groups in total. The number of aryl methyl sites for hydroxylation is 1. The highest BCUT2D eigenvalue weighted by Crippen LogP contribution is 2.23. The first-order valence-electron chi connectivity index (χ1n) is 6.23. The van der Waals surface area contributed by atoms with Crippen LogP contribution in [-0.2, 0) is 11.2 Å². The van der Waals surface area contributed by atoms with Crippen LogP contribution in [0, 0.1) is 0 Å². The predicted molar refractivity (Wildman–Crippen MR) is 75.9 cm³/mol. The van der Waals surface area contributed by atoms with Gasteiger partial charge in [-0.3, -0.25) is 14.9 Å². The number of fused-ring (bicyclic) bond motifs is 1. The van der Waals surface area contributed by atoms with Crippen molar-refractivity contribution in [2.24, 2.45) is 0 Å². The van der Waals surface area contributed by atoms with E-state index in [0.29, 0.717) is 17.1 Å². The molecule has 2 aromatic rings. The van der Waals surface area contributed by atoms with Gasteiger partial charge >= 0.3 is 0 Å². The van der Waals surface area contributed by atoms with Gasteiger partial charge in [0, 0.05) is 17.7 Å². The second-order valence-electron chi connectivity index (χ2n) is 4.47. The standard InChI is InChI=1S/C13H12N4O2S/c18-11-3-1-2-8-6-9(4-5-10(8)15-11)12(19)16-13-17-14-7-20-13/h4-7H,1-3H2,(H,15,18)(H,16,17,19). The van der Waals surface area contributed by atoms with Gasteiger partial charge in [-0.15, -0.1) is 10.2 Å². The maximum Gasteiger partial charge on any atom is 0.257 e. The van der Waals surface area contributed by atoms with Crippen LogP contribution in [0.25, 0.3) is 0 Å². The van der Waals surface area contributed by atoms with E-state index in [4.69, 9.17) is 0 Å². The van der Waals surface area contributed by atoms with Gasteiger partial charge in [-0.25, -0.2) is 0 Å². The summed E-state index contributed by atoms with van der Waals surface area (Å²) in [6, 6.07) is 5.28. The Balaban J connectivity index is 1.83. The third kappa shape index (κ3) is 2.67. The fourth-order valence-electron chi connectivity index (χ4n) is 2.11. The average molecular weight is 288 g/mol. The molecule has 1 aromatic heterocycles. The lowest BCUT2D eigenvalue weighted by molar-refractivity contribution is -0.116. The summed E-state index contributed by atoms with van der Waals surface area (Å²) >= 11 is 1.27. The van der Waals surface area contributed by atoms with E-state index < -0.39 is 0 Å². The van der Waals surface area contributed by atoms with E-state index in [1.165, 1.54) is 11.3 Å². The monoisotopic (exact) mass is 288 g/mol. The van der Waals surface area contributed by atoms with E-state index in [0.717, 1.165) is 24.1 Å². The Hall–Kier alpha value is -2.28. The Bertz CT molecular complexity index is 654. The van der Waals surface area contributed by atoms with Crippen molar-refractivity contribution in [3.05, 3.63) is 34.8 Å². The van der Waals surface area contributed by atoms with Crippen LogP contribution in [0.5, 0.6) is 0 Å². The first-order chi connectivity index (χ1) is 9.72. The van der Waals surface area contributed by atoms with Gasteiger partial charge < -0.3 is 5.32 Å². The van der Waals surface area contributed by atoms with Crippen LogP contribution in [0.1, 0.15) is 28.8 Å². The van der Waals surface area contributed by atoms with E-state index in [1.807, 2.05) is 6.07 Å². The molecule has 0 spiro atoms. The Labute approximate surface area is 119 Å². The maximum absolute atomic E-state index is 12.1. The van der Waals surface area contributed by atoms with Crippen LogP contribution in [0.4, 0.5) is 10.8 Å². The van der Waals surface area contributed by atoms with Gasteiger partial charge in [0.2, 0.25) is 11.0 Å². The van der Waals surface area contributed by atoms with Crippen LogP contribution in [0.2, 0.25) is 0 Å². The molecule has 1 aliphatic heterocycles. The van der Waals surface area contributed by atoms with Crippen LogP contribution in [0.15, 0.2) is 23.7 Å². The largest absolute Gasteiger partial charge is 0.326 e. The van der Waals surface area contributed by atoms with Gasteiger partial charge in [-0.2, -0.15) is 0 Å². The zero-order valence-corrected chi connectivity index (χ0v) is 11.4. The summed E-state index contributed by atoms with van der Waals surface area (Å²) in [7, 11) is 0. The van der Waals surface area contributed by atoms with E-state index in [9.17, 15) is 9.59 Å². The normalized spacial score (nSPS) is 14.1. The SMILES string of the molecule is O=C1CCCc2cc(C(=O)Nc3nncs3)ccc2N1. The van der Waals surface area contributed by atoms with Gasteiger partial charge in [0.05, 0.1) is 0 Å². The number of benzene rings is 1. The zero-order valence-electron chi connectivity index (χ0n) is 10.5. The number of hydrogen-bond donors (Lipinski definition) is 2. The molecule has 0 aliphatic carbocycles. The predicted octanol–water partition coefficient (Wildman–Crippen LogP) is 2.07. The summed E-state index contributed by atoms with van der Waals surface area (Å²) < 4.78 is 0. The van der Waals surface area contributed by atoms with E-state index >= 15 is 0 Å². The fraction of sp³-hybridized carbons (Fsp3) is 0.231. The van der Waals surface area contributed by atoms with Crippen LogP contribution >= 0.6 is 11.3 Å². The van der Waals surface area contributed by atoms with Crippen molar-refractivity contribution in [2.75, 3.05) is 10.6 Å². The Morgan fingerprint density at radius 3 is 3.05 bits per heavy atom. The highest BCUT2D eigenvalue weighted by molar-refractivity contribution is 7.13. The van der Waals surface area contributed by atoms with Crippen molar-refractivity contribution in [2.45, 2.75) is 19.3 Å². The minimum atomic E-state index is -0.222. The van der Waals surface area contributed by atoms with E-state index in [2.05, 4.69) is 20.8 Å². The second-order valence-corrected chi connectivity index (χ2v) is 5.30. The number of carbonyl (C=O) groups excluding carboxylic acids is 2. The molecule has 3 rings (SSSR count). The molecule has 0 fully saturated rings. The van der Waals surface area contributed by atoms with Crippen molar-refractivity contribution in [3.8, 4) is 0 Å². The number of amides is 2. The van der Waals surface area contributed by atoms with Crippen molar-refractivity contribution >= 4 is 34.0 Å². The van der Waals surface area contributed by atoms with Gasteiger partial charge in [-0.1, -0.05) is 11.3 Å². The first-order valence-corrected chi connectivity index (χ1v) is 7.10. The number of rotatable bonds is 2. The second kappa shape index (κ2) is 5.38. The van der Waals surface area contributed by atoms with Crippen molar-refractivity contribution in [1.29, 1.82) is 0 Å². The molecule has 1 aromatic carbocycles. The van der Waals surface area contributed by atoms with Gasteiger partial charge in [0.1, 0.15) is 5.51 Å². The molecule has 0 bridgehead atoms.